The first kappa shape index (κ1) is 14.5. The Morgan fingerprint density at radius 3 is 2.45 bits per heavy atom. The van der Waals surface area contributed by atoms with Gasteiger partial charge in [0, 0.05) is 18.4 Å². The molecule has 1 aromatic carbocycles. The first-order valence-electron chi connectivity index (χ1n) is 5.77. The van der Waals surface area contributed by atoms with Crippen molar-refractivity contribution in [3.05, 3.63) is 59.9 Å². The molecule has 0 radical (unpaired) electrons. The number of hydrogen-bond acceptors (Lipinski definition) is 3. The van der Waals surface area contributed by atoms with Crippen LogP contribution in [0.2, 0.25) is 0 Å². The van der Waals surface area contributed by atoms with Gasteiger partial charge in [0.25, 0.3) is 0 Å². The summed E-state index contributed by atoms with van der Waals surface area (Å²) >= 11 is 0. The van der Waals surface area contributed by atoms with Gasteiger partial charge in [-0.2, -0.15) is 0 Å². The molecule has 7 heteroatoms. The van der Waals surface area contributed by atoms with Crippen LogP contribution in [-0.4, -0.2) is 13.4 Å². The molecule has 2 rings (SSSR count). The van der Waals surface area contributed by atoms with E-state index in [-0.39, 0.29) is 0 Å². The van der Waals surface area contributed by atoms with E-state index in [1.807, 2.05) is 0 Å². The van der Waals surface area contributed by atoms with E-state index in [1.165, 1.54) is 12.4 Å². The second-order valence-electron chi connectivity index (χ2n) is 4.20. The Morgan fingerprint density at radius 1 is 1.15 bits per heavy atom. The normalized spacial score (nSPS) is 13.2. The van der Waals surface area contributed by atoms with Gasteiger partial charge in [-0.05, 0) is 42.8 Å². The molecule has 0 aliphatic rings. The minimum absolute atomic E-state index is 0.592. The van der Waals surface area contributed by atoms with Crippen LogP contribution in [0.3, 0.4) is 0 Å². The minimum atomic E-state index is -4.15. The Bertz CT molecular complexity index is 706. The summed E-state index contributed by atoms with van der Waals surface area (Å²) in [6.07, 6.45) is 3.03. The molecule has 0 saturated heterocycles. The van der Waals surface area contributed by atoms with Crippen molar-refractivity contribution in [2.75, 3.05) is 0 Å². The van der Waals surface area contributed by atoms with E-state index < -0.39 is 32.6 Å². The summed E-state index contributed by atoms with van der Waals surface area (Å²) in [4.78, 5) is 3.11. The number of benzene rings is 1. The van der Waals surface area contributed by atoms with Crippen LogP contribution in [-0.2, 0) is 10.0 Å². The van der Waals surface area contributed by atoms with Gasteiger partial charge in [0.05, 0.1) is 0 Å². The zero-order valence-electron chi connectivity index (χ0n) is 10.5. The molecule has 0 saturated carbocycles. The monoisotopic (exact) mass is 298 g/mol. The van der Waals surface area contributed by atoms with E-state index in [2.05, 4.69) is 9.71 Å². The molecule has 2 aromatic rings. The molecule has 1 N–H and O–H groups in total. The maximum Gasteiger partial charge on any atom is 0.244 e. The maximum absolute atomic E-state index is 13.5. The molecule has 0 unspecified atom stereocenters. The van der Waals surface area contributed by atoms with Gasteiger partial charge in [0.1, 0.15) is 16.5 Å². The van der Waals surface area contributed by atoms with Crippen molar-refractivity contribution in [1.82, 2.24) is 9.71 Å². The van der Waals surface area contributed by atoms with Gasteiger partial charge in [-0.1, -0.05) is 0 Å². The Morgan fingerprint density at radius 2 is 1.80 bits per heavy atom. The predicted molar refractivity (Wildman–Crippen MR) is 69.3 cm³/mol. The highest BCUT2D eigenvalue weighted by Gasteiger charge is 2.22. The van der Waals surface area contributed by atoms with Crippen molar-refractivity contribution in [3.8, 4) is 0 Å². The van der Waals surface area contributed by atoms with Gasteiger partial charge in [0.2, 0.25) is 10.0 Å². The lowest BCUT2D eigenvalue weighted by Crippen LogP contribution is -2.27. The van der Waals surface area contributed by atoms with Crippen LogP contribution in [0.15, 0.2) is 47.6 Å². The van der Waals surface area contributed by atoms with Gasteiger partial charge < -0.3 is 0 Å². The lowest BCUT2D eigenvalue weighted by molar-refractivity contribution is 0.538. The van der Waals surface area contributed by atoms with Crippen LogP contribution in [0.25, 0.3) is 0 Å². The Hall–Kier alpha value is -1.86. The topological polar surface area (TPSA) is 59.1 Å². The van der Waals surface area contributed by atoms with Crippen molar-refractivity contribution in [2.24, 2.45) is 0 Å². The molecule has 4 nitrogen and oxygen atoms in total. The highest BCUT2D eigenvalue weighted by Crippen LogP contribution is 2.19. The lowest BCUT2D eigenvalue weighted by Gasteiger charge is -2.14. The molecule has 0 amide bonds. The average Bonchev–Trinajstić information content (AvgIpc) is 2.42. The fourth-order valence-corrected chi connectivity index (χ4v) is 3.02. The Balaban J connectivity index is 2.30. The van der Waals surface area contributed by atoms with Crippen LogP contribution in [0.5, 0.6) is 0 Å². The number of pyridine rings is 1. The smallest absolute Gasteiger partial charge is 0.244 e. The quantitative estimate of drug-likeness (QED) is 0.943. The number of hydrogen-bond donors (Lipinski definition) is 1. The number of sulfonamides is 1. The standard InChI is InChI=1S/C13H12F2N2O2S/c1-9(10-4-6-16-7-5-10)17-20(18,19)13-8-11(14)2-3-12(13)15/h2-9,17H,1H3/t9-/m0/s1. The van der Waals surface area contributed by atoms with Crippen molar-refractivity contribution in [1.29, 1.82) is 0 Å². The predicted octanol–water partition coefficient (Wildman–Crippen LogP) is 2.40. The van der Waals surface area contributed by atoms with Crippen LogP contribution in [0, 0.1) is 11.6 Å². The summed E-state index contributed by atoms with van der Waals surface area (Å²) in [6.45, 7) is 1.60. The number of nitrogens with one attached hydrogen (secondary N) is 1. The number of aromatic nitrogens is 1. The van der Waals surface area contributed by atoms with Gasteiger partial charge >= 0.3 is 0 Å². The maximum atomic E-state index is 13.5. The van der Waals surface area contributed by atoms with Crippen LogP contribution < -0.4 is 4.72 Å². The molecule has 1 aromatic heterocycles. The fraction of sp³-hybridized carbons (Fsp3) is 0.154. The van der Waals surface area contributed by atoms with Crippen molar-refractivity contribution >= 4 is 10.0 Å². The molecule has 20 heavy (non-hydrogen) atoms. The Kier molecular flexibility index (Phi) is 4.10. The molecule has 106 valence electrons. The molecular weight excluding hydrogens is 286 g/mol. The zero-order chi connectivity index (χ0) is 14.8. The van der Waals surface area contributed by atoms with Crippen molar-refractivity contribution < 1.29 is 17.2 Å². The molecular formula is C13H12F2N2O2S. The second-order valence-corrected chi connectivity index (χ2v) is 5.88. The zero-order valence-corrected chi connectivity index (χ0v) is 11.4. The molecule has 1 heterocycles. The van der Waals surface area contributed by atoms with E-state index in [4.69, 9.17) is 0 Å². The number of rotatable bonds is 4. The summed E-state index contributed by atoms with van der Waals surface area (Å²) in [5.74, 6) is -1.82. The Labute approximate surface area is 115 Å². The van der Waals surface area contributed by atoms with Crippen LogP contribution in [0.1, 0.15) is 18.5 Å². The number of halogens is 2. The SMILES string of the molecule is C[C@H](NS(=O)(=O)c1cc(F)ccc1F)c1ccncc1. The second kappa shape index (κ2) is 5.64. The van der Waals surface area contributed by atoms with Crippen molar-refractivity contribution in [3.63, 3.8) is 0 Å². The van der Waals surface area contributed by atoms with Crippen molar-refractivity contribution in [2.45, 2.75) is 17.9 Å². The lowest BCUT2D eigenvalue weighted by atomic mass is 10.1. The largest absolute Gasteiger partial charge is 0.265 e. The summed E-state index contributed by atoms with van der Waals surface area (Å²) in [5, 5.41) is 0. The summed E-state index contributed by atoms with van der Waals surface area (Å²) in [7, 11) is -4.15. The first-order valence-corrected chi connectivity index (χ1v) is 7.26. The molecule has 0 spiro atoms. The third kappa shape index (κ3) is 3.17. The fourth-order valence-electron chi connectivity index (χ4n) is 1.70. The third-order valence-corrected chi connectivity index (χ3v) is 4.28. The van der Waals surface area contributed by atoms with Crippen LogP contribution in [0.4, 0.5) is 8.78 Å². The van der Waals surface area contributed by atoms with E-state index in [1.54, 1.807) is 19.1 Å². The van der Waals surface area contributed by atoms with Gasteiger partial charge in [-0.15, -0.1) is 0 Å². The van der Waals surface area contributed by atoms with E-state index >= 15 is 0 Å². The highest BCUT2D eigenvalue weighted by molar-refractivity contribution is 7.89. The first-order chi connectivity index (χ1) is 9.40. The average molecular weight is 298 g/mol. The number of nitrogens with zero attached hydrogens (tertiary/aromatic N) is 1. The summed E-state index contributed by atoms with van der Waals surface area (Å²) in [5.41, 5.74) is 0.667. The molecule has 1 atom stereocenters. The van der Waals surface area contributed by atoms with E-state index in [0.29, 0.717) is 11.6 Å². The summed E-state index contributed by atoms with van der Waals surface area (Å²) in [6, 6.07) is 4.97. The molecule has 0 bridgehead atoms. The molecule has 0 aliphatic carbocycles. The van der Waals surface area contributed by atoms with E-state index in [0.717, 1.165) is 12.1 Å². The van der Waals surface area contributed by atoms with Gasteiger partial charge in [-0.25, -0.2) is 21.9 Å². The molecule has 0 aliphatic heterocycles. The minimum Gasteiger partial charge on any atom is -0.265 e. The van der Waals surface area contributed by atoms with Gasteiger partial charge in [-0.3, -0.25) is 4.98 Å². The highest BCUT2D eigenvalue weighted by atomic mass is 32.2. The van der Waals surface area contributed by atoms with Gasteiger partial charge in [0.15, 0.2) is 0 Å². The molecule has 0 fully saturated rings. The van der Waals surface area contributed by atoms with E-state index in [9.17, 15) is 17.2 Å². The summed E-state index contributed by atoms with van der Waals surface area (Å²) < 4.78 is 53.0. The third-order valence-electron chi connectivity index (χ3n) is 2.72. The van der Waals surface area contributed by atoms with Crippen LogP contribution >= 0.6 is 0 Å².